The molecule has 2 aliphatic carbocycles. The van der Waals surface area contributed by atoms with Gasteiger partial charge in [-0.05, 0) is 37.8 Å². The van der Waals surface area contributed by atoms with Crippen LogP contribution in [0.15, 0.2) is 22.8 Å². The zero-order chi connectivity index (χ0) is 28.6. The predicted molar refractivity (Wildman–Crippen MR) is 136 cm³/mol. The maximum absolute atomic E-state index is 13.8. The molecule has 3 heterocycles. The molecule has 4 fully saturated rings. The van der Waals surface area contributed by atoms with E-state index in [0.717, 1.165) is 12.8 Å². The molecule has 216 valence electrons. The number of furan rings is 1. The highest BCUT2D eigenvalue weighted by atomic mass is 16.4. The lowest BCUT2D eigenvalue weighted by molar-refractivity contribution is -0.156. The van der Waals surface area contributed by atoms with E-state index in [2.05, 4.69) is 10.6 Å². The molecule has 4 amide bonds. The summed E-state index contributed by atoms with van der Waals surface area (Å²) in [4.78, 5) is 78.9. The maximum Gasteiger partial charge on any atom is 0.326 e. The number of nitrogens with zero attached hydrogens (tertiary/aromatic N) is 2. The Morgan fingerprint density at radius 2 is 1.30 bits per heavy atom. The summed E-state index contributed by atoms with van der Waals surface area (Å²) < 4.78 is 5.09. The average Bonchev–Trinajstić information content (AvgIpc) is 3.29. The zero-order valence-corrected chi connectivity index (χ0v) is 22.0. The van der Waals surface area contributed by atoms with E-state index in [0.29, 0.717) is 25.7 Å². The SMILES string of the molecule is O=C(N[C@H]1C[C@@H](C(=O)O)N(C(=O)[C@H]2CCCC[C@@H]2C(=O)N2C[C@@H](NC(=O)C3CC3)C[C@H]2C(=O)O)C1)c1ccco1. The third kappa shape index (κ3) is 5.68. The summed E-state index contributed by atoms with van der Waals surface area (Å²) in [6, 6.07) is -0.360. The molecule has 4 aliphatic rings. The molecule has 0 radical (unpaired) electrons. The molecule has 13 nitrogen and oxygen atoms in total. The third-order valence-electron chi connectivity index (χ3n) is 8.51. The molecule has 1 aromatic rings. The molecule has 0 aromatic carbocycles. The van der Waals surface area contributed by atoms with Crippen molar-refractivity contribution in [2.75, 3.05) is 13.1 Å². The van der Waals surface area contributed by atoms with Crippen LogP contribution in [0.3, 0.4) is 0 Å². The monoisotopic (exact) mass is 558 g/mol. The minimum atomic E-state index is -1.21. The van der Waals surface area contributed by atoms with Crippen LogP contribution in [0.1, 0.15) is 61.9 Å². The standard InChI is InChI=1S/C27H34N4O9/c32-22(14-7-8-14)28-15-10-19(26(36)37)30(12-15)24(34)17-4-1-2-5-18(17)25(35)31-13-16(11-20(31)27(38)39)29-23(33)21-6-3-9-40-21/h3,6,9,14-20H,1-2,4-5,7-8,10-13H2,(H,28,32)(H,29,33)(H,36,37)(H,38,39)/t15-,16-,17-,18-,19-,20-/m0/s1. The van der Waals surface area contributed by atoms with Gasteiger partial charge in [0.25, 0.3) is 5.91 Å². The summed E-state index contributed by atoms with van der Waals surface area (Å²) in [5.74, 6) is -5.55. The van der Waals surface area contributed by atoms with E-state index in [1.807, 2.05) is 0 Å². The number of likely N-dealkylation sites (tertiary alicyclic amines) is 2. The van der Waals surface area contributed by atoms with Crippen LogP contribution in [0.25, 0.3) is 0 Å². The van der Waals surface area contributed by atoms with Crippen molar-refractivity contribution in [1.29, 1.82) is 0 Å². The van der Waals surface area contributed by atoms with E-state index in [1.165, 1.54) is 22.1 Å². The molecule has 6 atom stereocenters. The largest absolute Gasteiger partial charge is 0.480 e. The van der Waals surface area contributed by atoms with Gasteiger partial charge >= 0.3 is 11.9 Å². The van der Waals surface area contributed by atoms with Gasteiger partial charge in [-0.15, -0.1) is 0 Å². The summed E-state index contributed by atoms with van der Waals surface area (Å²) in [5.41, 5.74) is 0. The summed E-state index contributed by atoms with van der Waals surface area (Å²) >= 11 is 0. The van der Waals surface area contributed by atoms with E-state index < -0.39 is 65.7 Å². The van der Waals surface area contributed by atoms with Gasteiger partial charge in [0.1, 0.15) is 12.1 Å². The lowest BCUT2D eigenvalue weighted by Crippen LogP contribution is -2.51. The first-order valence-electron chi connectivity index (χ1n) is 13.8. The Bertz CT molecular complexity index is 1180. The van der Waals surface area contributed by atoms with Crippen LogP contribution in [-0.4, -0.2) is 92.8 Å². The Morgan fingerprint density at radius 3 is 1.75 bits per heavy atom. The lowest BCUT2D eigenvalue weighted by Gasteiger charge is -2.36. The Morgan fingerprint density at radius 1 is 0.775 bits per heavy atom. The molecule has 13 heteroatoms. The van der Waals surface area contributed by atoms with Crippen LogP contribution < -0.4 is 10.6 Å². The molecule has 2 saturated heterocycles. The molecular weight excluding hydrogens is 524 g/mol. The van der Waals surface area contributed by atoms with Crippen molar-refractivity contribution in [2.45, 2.75) is 75.5 Å². The lowest BCUT2D eigenvalue weighted by atomic mass is 9.77. The number of carbonyl (C=O) groups excluding carboxylic acids is 4. The highest BCUT2D eigenvalue weighted by molar-refractivity contribution is 5.94. The Labute approximate surface area is 230 Å². The second-order valence-corrected chi connectivity index (χ2v) is 11.3. The van der Waals surface area contributed by atoms with Crippen LogP contribution in [0.2, 0.25) is 0 Å². The number of carbonyl (C=O) groups is 6. The van der Waals surface area contributed by atoms with Crippen LogP contribution in [0.5, 0.6) is 0 Å². The van der Waals surface area contributed by atoms with Crippen LogP contribution in [0, 0.1) is 17.8 Å². The minimum absolute atomic E-state index is 0.00837. The molecule has 0 unspecified atom stereocenters. The molecule has 40 heavy (non-hydrogen) atoms. The Balaban J connectivity index is 1.29. The highest BCUT2D eigenvalue weighted by Gasteiger charge is 2.49. The number of hydrogen-bond acceptors (Lipinski definition) is 7. The van der Waals surface area contributed by atoms with Gasteiger partial charge in [-0.1, -0.05) is 12.8 Å². The number of carboxylic acids is 2. The number of aliphatic carboxylic acids is 2. The van der Waals surface area contributed by atoms with Crippen LogP contribution in [-0.2, 0) is 24.0 Å². The van der Waals surface area contributed by atoms with Gasteiger partial charge in [0.05, 0.1) is 6.26 Å². The second-order valence-electron chi connectivity index (χ2n) is 11.3. The molecule has 0 spiro atoms. The second kappa shape index (κ2) is 11.3. The van der Waals surface area contributed by atoms with Crippen molar-refractivity contribution in [3.8, 4) is 0 Å². The summed E-state index contributed by atoms with van der Waals surface area (Å²) in [6.45, 7) is 0.0183. The quantitative estimate of drug-likeness (QED) is 0.351. The normalized spacial score (nSPS) is 30.1. The minimum Gasteiger partial charge on any atom is -0.480 e. The van der Waals surface area contributed by atoms with Gasteiger partial charge in [0, 0.05) is 55.8 Å². The highest BCUT2D eigenvalue weighted by Crippen LogP contribution is 2.37. The predicted octanol–water partition coefficient (Wildman–Crippen LogP) is 0.450. The first kappa shape index (κ1) is 27.7. The number of carboxylic acid groups (broad SMARTS) is 2. The Hall–Kier alpha value is -3.90. The summed E-state index contributed by atoms with van der Waals surface area (Å²) in [5, 5.41) is 25.3. The Kier molecular flexibility index (Phi) is 7.81. The van der Waals surface area contributed by atoms with Crippen molar-refractivity contribution in [3.05, 3.63) is 24.2 Å². The summed E-state index contributed by atoms with van der Waals surface area (Å²) in [7, 11) is 0. The number of nitrogens with one attached hydrogen (secondary N) is 2. The van der Waals surface area contributed by atoms with Crippen molar-refractivity contribution >= 4 is 35.6 Å². The van der Waals surface area contributed by atoms with Gasteiger partial charge in [-0.3, -0.25) is 19.2 Å². The van der Waals surface area contributed by atoms with E-state index in [4.69, 9.17) is 4.42 Å². The number of rotatable bonds is 8. The van der Waals surface area contributed by atoms with E-state index in [-0.39, 0.29) is 43.5 Å². The molecule has 0 bridgehead atoms. The van der Waals surface area contributed by atoms with Crippen molar-refractivity contribution in [2.24, 2.45) is 17.8 Å². The fourth-order valence-corrected chi connectivity index (χ4v) is 6.31. The van der Waals surface area contributed by atoms with Gasteiger partial charge in [-0.2, -0.15) is 0 Å². The molecule has 5 rings (SSSR count). The van der Waals surface area contributed by atoms with Crippen LogP contribution >= 0.6 is 0 Å². The average molecular weight is 559 g/mol. The van der Waals surface area contributed by atoms with Gasteiger partial charge < -0.3 is 35.1 Å². The van der Waals surface area contributed by atoms with Crippen molar-refractivity contribution < 1.29 is 43.4 Å². The summed E-state index contributed by atoms with van der Waals surface area (Å²) in [6.07, 6.45) is 5.15. The molecule has 4 N–H and O–H groups in total. The first-order chi connectivity index (χ1) is 19.1. The van der Waals surface area contributed by atoms with Gasteiger partial charge in [0.2, 0.25) is 17.7 Å². The van der Waals surface area contributed by atoms with Gasteiger partial charge in [-0.25, -0.2) is 9.59 Å². The molecular formula is C27H34N4O9. The first-order valence-corrected chi connectivity index (χ1v) is 13.8. The van der Waals surface area contributed by atoms with Gasteiger partial charge in [0.15, 0.2) is 5.76 Å². The van der Waals surface area contributed by atoms with E-state index in [9.17, 15) is 39.0 Å². The zero-order valence-electron chi connectivity index (χ0n) is 22.0. The fourth-order valence-electron chi connectivity index (χ4n) is 6.31. The topological polar surface area (TPSA) is 187 Å². The molecule has 1 aromatic heterocycles. The molecule has 2 saturated carbocycles. The molecule has 2 aliphatic heterocycles. The van der Waals surface area contributed by atoms with Crippen molar-refractivity contribution in [1.82, 2.24) is 20.4 Å². The van der Waals surface area contributed by atoms with E-state index >= 15 is 0 Å². The number of amides is 4. The smallest absolute Gasteiger partial charge is 0.326 e. The fraction of sp³-hybridized carbons (Fsp3) is 0.630. The maximum atomic E-state index is 13.8. The number of hydrogen-bond donors (Lipinski definition) is 4. The van der Waals surface area contributed by atoms with Crippen molar-refractivity contribution in [3.63, 3.8) is 0 Å². The third-order valence-corrected chi connectivity index (χ3v) is 8.51. The van der Waals surface area contributed by atoms with Crippen LogP contribution in [0.4, 0.5) is 0 Å². The van der Waals surface area contributed by atoms with E-state index in [1.54, 1.807) is 6.07 Å².